The van der Waals surface area contributed by atoms with Crippen LogP contribution in [0.5, 0.6) is 0 Å². The van der Waals surface area contributed by atoms with Crippen molar-refractivity contribution in [2.24, 2.45) is 5.41 Å². The highest BCUT2D eigenvalue weighted by Gasteiger charge is 2.33. The predicted molar refractivity (Wildman–Crippen MR) is 77.3 cm³/mol. The number of aliphatic hydroxyl groups excluding tert-OH is 1. The van der Waals surface area contributed by atoms with Crippen molar-refractivity contribution in [2.45, 2.75) is 66.2 Å². The van der Waals surface area contributed by atoms with Crippen molar-refractivity contribution in [3.8, 4) is 0 Å². The van der Waals surface area contributed by atoms with E-state index in [9.17, 15) is 5.11 Å². The standard InChI is InChI=1S/C16H27NO2/c1-11(2)19-7-6-17-12(3)8-13-14(17)9-16(4,5)10-15(13)18/h8,11,15,18H,6-7,9-10H2,1-5H3. The van der Waals surface area contributed by atoms with Crippen molar-refractivity contribution in [2.75, 3.05) is 6.61 Å². The molecule has 108 valence electrons. The van der Waals surface area contributed by atoms with Crippen LogP contribution < -0.4 is 0 Å². The Hall–Kier alpha value is -0.800. The summed E-state index contributed by atoms with van der Waals surface area (Å²) in [5, 5.41) is 10.3. The van der Waals surface area contributed by atoms with Gasteiger partial charge in [-0.1, -0.05) is 13.8 Å². The van der Waals surface area contributed by atoms with E-state index >= 15 is 0 Å². The van der Waals surface area contributed by atoms with Gasteiger partial charge >= 0.3 is 0 Å². The molecular weight excluding hydrogens is 238 g/mol. The molecule has 1 heterocycles. The highest BCUT2D eigenvalue weighted by molar-refractivity contribution is 5.33. The Labute approximate surface area is 116 Å². The summed E-state index contributed by atoms with van der Waals surface area (Å²) in [6.45, 7) is 12.3. The second kappa shape index (κ2) is 5.29. The molecule has 3 nitrogen and oxygen atoms in total. The minimum Gasteiger partial charge on any atom is -0.388 e. The Morgan fingerprint density at radius 2 is 2.16 bits per heavy atom. The average Bonchev–Trinajstić information content (AvgIpc) is 2.55. The van der Waals surface area contributed by atoms with Gasteiger partial charge in [0.1, 0.15) is 0 Å². The third-order valence-electron chi connectivity index (χ3n) is 3.97. The number of rotatable bonds is 4. The maximum Gasteiger partial charge on any atom is 0.0812 e. The minimum absolute atomic E-state index is 0.174. The van der Waals surface area contributed by atoms with Crippen molar-refractivity contribution in [1.29, 1.82) is 0 Å². The first-order chi connectivity index (χ1) is 8.80. The van der Waals surface area contributed by atoms with Crippen molar-refractivity contribution in [3.05, 3.63) is 23.0 Å². The van der Waals surface area contributed by atoms with Gasteiger partial charge in [-0.2, -0.15) is 0 Å². The van der Waals surface area contributed by atoms with E-state index in [1.165, 1.54) is 11.4 Å². The third kappa shape index (κ3) is 3.21. The van der Waals surface area contributed by atoms with E-state index in [0.717, 1.165) is 31.6 Å². The Kier molecular flexibility index (Phi) is 4.07. The molecule has 19 heavy (non-hydrogen) atoms. The van der Waals surface area contributed by atoms with E-state index in [4.69, 9.17) is 4.74 Å². The van der Waals surface area contributed by atoms with Gasteiger partial charge in [-0.15, -0.1) is 0 Å². The molecule has 1 aromatic heterocycles. The van der Waals surface area contributed by atoms with E-state index in [-0.39, 0.29) is 17.6 Å². The molecule has 0 fully saturated rings. The highest BCUT2D eigenvalue weighted by Crippen LogP contribution is 2.41. The summed E-state index contributed by atoms with van der Waals surface area (Å²) in [6.07, 6.45) is 1.85. The van der Waals surface area contributed by atoms with E-state index in [1.807, 2.05) is 0 Å². The molecule has 1 aliphatic rings. The normalized spacial score (nSPS) is 21.7. The minimum atomic E-state index is -0.315. The van der Waals surface area contributed by atoms with Crippen LogP contribution in [0.2, 0.25) is 0 Å². The van der Waals surface area contributed by atoms with Crippen LogP contribution in [0.25, 0.3) is 0 Å². The number of nitrogens with zero attached hydrogens (tertiary/aromatic N) is 1. The van der Waals surface area contributed by atoms with Crippen LogP contribution in [-0.2, 0) is 17.7 Å². The lowest BCUT2D eigenvalue weighted by atomic mass is 9.75. The van der Waals surface area contributed by atoms with E-state index in [0.29, 0.717) is 0 Å². The molecule has 0 amide bonds. The molecule has 3 heteroatoms. The summed E-state index contributed by atoms with van der Waals surface area (Å²) in [6, 6.07) is 2.14. The molecule has 0 aliphatic heterocycles. The van der Waals surface area contributed by atoms with Gasteiger partial charge in [-0.3, -0.25) is 0 Å². The monoisotopic (exact) mass is 265 g/mol. The average molecular weight is 265 g/mol. The number of hydrogen-bond donors (Lipinski definition) is 1. The van der Waals surface area contributed by atoms with Gasteiger partial charge < -0.3 is 14.4 Å². The van der Waals surface area contributed by atoms with Crippen LogP contribution in [-0.4, -0.2) is 22.4 Å². The summed E-state index contributed by atoms with van der Waals surface area (Å²) < 4.78 is 7.98. The molecule has 0 bridgehead atoms. The number of aromatic nitrogens is 1. The number of aliphatic hydroxyl groups is 1. The quantitative estimate of drug-likeness (QED) is 0.907. The van der Waals surface area contributed by atoms with Gasteiger partial charge in [0.25, 0.3) is 0 Å². The van der Waals surface area contributed by atoms with Crippen molar-refractivity contribution in [3.63, 3.8) is 0 Å². The molecule has 0 aromatic carbocycles. The fraction of sp³-hybridized carbons (Fsp3) is 0.750. The van der Waals surface area contributed by atoms with Crippen LogP contribution in [0.15, 0.2) is 6.07 Å². The zero-order valence-corrected chi connectivity index (χ0v) is 12.9. The van der Waals surface area contributed by atoms with Gasteiger partial charge in [0.15, 0.2) is 0 Å². The SMILES string of the molecule is Cc1cc2c(n1CCOC(C)C)CC(C)(C)CC2O. The van der Waals surface area contributed by atoms with Gasteiger partial charge in [-0.05, 0) is 45.1 Å². The summed E-state index contributed by atoms with van der Waals surface area (Å²) in [5.74, 6) is 0. The highest BCUT2D eigenvalue weighted by atomic mass is 16.5. The van der Waals surface area contributed by atoms with Crippen molar-refractivity contribution in [1.82, 2.24) is 4.57 Å². The zero-order valence-electron chi connectivity index (χ0n) is 12.9. The topological polar surface area (TPSA) is 34.4 Å². The fourth-order valence-corrected chi connectivity index (χ4v) is 3.09. The van der Waals surface area contributed by atoms with E-state index in [1.54, 1.807) is 0 Å². The lowest BCUT2D eigenvalue weighted by Gasteiger charge is -2.34. The van der Waals surface area contributed by atoms with Crippen LogP contribution in [0.4, 0.5) is 0 Å². The molecule has 0 saturated carbocycles. The molecule has 0 spiro atoms. The molecule has 0 radical (unpaired) electrons. The van der Waals surface area contributed by atoms with Gasteiger partial charge in [0, 0.05) is 23.5 Å². The maximum absolute atomic E-state index is 10.3. The molecule has 1 unspecified atom stereocenters. The fourth-order valence-electron chi connectivity index (χ4n) is 3.09. The number of hydrogen-bond acceptors (Lipinski definition) is 2. The first-order valence-corrected chi connectivity index (χ1v) is 7.29. The molecule has 2 rings (SSSR count). The Morgan fingerprint density at radius 3 is 2.79 bits per heavy atom. The summed E-state index contributed by atoms with van der Waals surface area (Å²) in [5.41, 5.74) is 3.83. The molecule has 1 atom stereocenters. The van der Waals surface area contributed by atoms with Crippen LogP contribution in [0.3, 0.4) is 0 Å². The van der Waals surface area contributed by atoms with E-state index in [2.05, 4.69) is 45.3 Å². The third-order valence-corrected chi connectivity index (χ3v) is 3.97. The molecule has 0 saturated heterocycles. The van der Waals surface area contributed by atoms with Gasteiger partial charge in [0.05, 0.1) is 18.8 Å². The lowest BCUT2D eigenvalue weighted by Crippen LogP contribution is -2.27. The smallest absolute Gasteiger partial charge is 0.0812 e. The summed E-state index contributed by atoms with van der Waals surface area (Å²) in [4.78, 5) is 0. The zero-order chi connectivity index (χ0) is 14.2. The van der Waals surface area contributed by atoms with Crippen molar-refractivity contribution < 1.29 is 9.84 Å². The van der Waals surface area contributed by atoms with Gasteiger partial charge in [-0.25, -0.2) is 0 Å². The van der Waals surface area contributed by atoms with Gasteiger partial charge in [0.2, 0.25) is 0 Å². The predicted octanol–water partition coefficient (Wildman–Crippen LogP) is 3.23. The molecule has 1 aliphatic carbocycles. The first-order valence-electron chi connectivity index (χ1n) is 7.29. The summed E-state index contributed by atoms with van der Waals surface area (Å²) >= 11 is 0. The summed E-state index contributed by atoms with van der Waals surface area (Å²) in [7, 11) is 0. The Balaban J connectivity index is 2.21. The molecular formula is C16H27NO2. The molecule has 1 aromatic rings. The number of aryl methyl sites for hydroxylation is 1. The van der Waals surface area contributed by atoms with Crippen LogP contribution in [0, 0.1) is 12.3 Å². The Morgan fingerprint density at radius 1 is 1.47 bits per heavy atom. The van der Waals surface area contributed by atoms with Crippen LogP contribution >= 0.6 is 0 Å². The largest absolute Gasteiger partial charge is 0.388 e. The number of fused-ring (bicyclic) bond motifs is 1. The first kappa shape index (κ1) is 14.6. The number of ether oxygens (including phenoxy) is 1. The second-order valence-electron chi connectivity index (χ2n) is 6.82. The van der Waals surface area contributed by atoms with Crippen LogP contribution in [0.1, 0.15) is 57.2 Å². The van der Waals surface area contributed by atoms with Crippen molar-refractivity contribution >= 4 is 0 Å². The molecule has 1 N–H and O–H groups in total. The van der Waals surface area contributed by atoms with E-state index < -0.39 is 0 Å². The Bertz CT molecular complexity index is 446. The second-order valence-corrected chi connectivity index (χ2v) is 6.82. The lowest BCUT2D eigenvalue weighted by molar-refractivity contribution is 0.0697. The maximum atomic E-state index is 10.3.